The van der Waals surface area contributed by atoms with Gasteiger partial charge in [-0.15, -0.1) is 11.6 Å². The molecule has 0 radical (unpaired) electrons. The van der Waals surface area contributed by atoms with Crippen LogP contribution in [0.4, 0.5) is 5.82 Å². The lowest BCUT2D eigenvalue weighted by Crippen LogP contribution is -2.51. The number of aliphatic hydroxyl groups excluding tert-OH is 1. The zero-order chi connectivity index (χ0) is 17.9. The first-order chi connectivity index (χ1) is 11.9. The highest BCUT2D eigenvalue weighted by atomic mass is 35.5. The molecule has 1 saturated carbocycles. The summed E-state index contributed by atoms with van der Waals surface area (Å²) in [6.07, 6.45) is 3.63. The molecule has 3 heterocycles. The second-order valence-corrected chi connectivity index (χ2v) is 7.54. The Bertz CT molecular complexity index is 731. The molecule has 0 aromatic carbocycles. The van der Waals surface area contributed by atoms with Crippen molar-refractivity contribution in [3.05, 3.63) is 22.7 Å². The monoisotopic (exact) mass is 371 g/mol. The van der Waals surface area contributed by atoms with Crippen molar-refractivity contribution in [2.24, 2.45) is 0 Å². The van der Waals surface area contributed by atoms with Crippen molar-refractivity contribution in [3.63, 3.8) is 0 Å². The molecule has 3 N–H and O–H groups in total. The van der Waals surface area contributed by atoms with Crippen LogP contribution in [0.25, 0.3) is 0 Å². The third-order valence-corrected chi connectivity index (χ3v) is 5.99. The number of nitrogen functional groups attached to an aromatic ring is 1. The highest BCUT2D eigenvalue weighted by Crippen LogP contribution is 2.58. The third kappa shape index (κ3) is 2.35. The molecule has 2 aliphatic heterocycles. The van der Waals surface area contributed by atoms with Gasteiger partial charge in [0.05, 0.1) is 12.5 Å². The molecule has 2 saturated heterocycles. The SMILES string of the molecule is CC12OC3(CCCC3)OC1C(CO)(CCl)OC2n1ccc(N)nc1=O. The molecule has 1 spiro atoms. The van der Waals surface area contributed by atoms with Crippen molar-refractivity contribution < 1.29 is 19.3 Å². The smallest absolute Gasteiger partial charge is 0.351 e. The molecule has 4 atom stereocenters. The van der Waals surface area contributed by atoms with Crippen LogP contribution in [0.3, 0.4) is 0 Å². The largest absolute Gasteiger partial charge is 0.393 e. The van der Waals surface area contributed by atoms with Crippen LogP contribution in [-0.4, -0.2) is 50.2 Å². The average molecular weight is 372 g/mol. The number of rotatable bonds is 3. The van der Waals surface area contributed by atoms with E-state index >= 15 is 0 Å². The Morgan fingerprint density at radius 1 is 1.44 bits per heavy atom. The van der Waals surface area contributed by atoms with Crippen molar-refractivity contribution >= 4 is 17.4 Å². The topological polar surface area (TPSA) is 109 Å². The summed E-state index contributed by atoms with van der Waals surface area (Å²) in [5, 5.41) is 10.0. The molecule has 1 aromatic heterocycles. The summed E-state index contributed by atoms with van der Waals surface area (Å²) < 4.78 is 20.1. The summed E-state index contributed by atoms with van der Waals surface area (Å²) >= 11 is 6.16. The fraction of sp³-hybridized carbons (Fsp3) is 0.750. The molecular formula is C16H22ClN3O5. The molecule has 3 aliphatic rings. The van der Waals surface area contributed by atoms with Gasteiger partial charge in [-0.2, -0.15) is 4.98 Å². The number of aliphatic hydroxyl groups is 1. The summed E-state index contributed by atoms with van der Waals surface area (Å²) in [6, 6.07) is 1.52. The number of ether oxygens (including phenoxy) is 3. The van der Waals surface area contributed by atoms with Gasteiger partial charge in [0.15, 0.2) is 12.0 Å². The second kappa shape index (κ2) is 5.65. The van der Waals surface area contributed by atoms with Crippen molar-refractivity contribution in [3.8, 4) is 0 Å². The van der Waals surface area contributed by atoms with Gasteiger partial charge < -0.3 is 25.1 Å². The standard InChI is InChI=1S/C16H22ClN3O5/c1-14-11(23-16(25-14)5-2-3-6-16)15(8-17,9-21)24-12(14)20-7-4-10(18)19-13(20)22/h4,7,11-12,21H,2-3,5-6,8-9H2,1H3,(H2,18,19,22). The van der Waals surface area contributed by atoms with Crippen molar-refractivity contribution in [1.82, 2.24) is 9.55 Å². The number of halogens is 1. The predicted molar refractivity (Wildman–Crippen MR) is 89.1 cm³/mol. The van der Waals surface area contributed by atoms with E-state index in [-0.39, 0.29) is 18.3 Å². The van der Waals surface area contributed by atoms with E-state index < -0.39 is 35.0 Å². The molecule has 1 aliphatic carbocycles. The van der Waals surface area contributed by atoms with Crippen LogP contribution in [0.1, 0.15) is 38.8 Å². The third-order valence-electron chi connectivity index (χ3n) is 5.54. The van der Waals surface area contributed by atoms with Gasteiger partial charge in [-0.1, -0.05) is 0 Å². The minimum absolute atomic E-state index is 0.0108. The fourth-order valence-corrected chi connectivity index (χ4v) is 4.64. The van der Waals surface area contributed by atoms with E-state index in [0.29, 0.717) is 0 Å². The van der Waals surface area contributed by atoms with Crippen LogP contribution in [-0.2, 0) is 14.2 Å². The summed E-state index contributed by atoms with van der Waals surface area (Å²) in [6.45, 7) is 1.49. The Morgan fingerprint density at radius 2 is 2.16 bits per heavy atom. The van der Waals surface area contributed by atoms with E-state index in [9.17, 15) is 9.90 Å². The van der Waals surface area contributed by atoms with Gasteiger partial charge in [0, 0.05) is 19.0 Å². The number of hydrogen-bond donors (Lipinski definition) is 2. The first-order valence-corrected chi connectivity index (χ1v) is 8.99. The van der Waals surface area contributed by atoms with E-state index in [4.69, 9.17) is 31.5 Å². The minimum Gasteiger partial charge on any atom is -0.393 e. The van der Waals surface area contributed by atoms with E-state index in [2.05, 4.69) is 4.98 Å². The number of nitrogens with two attached hydrogens (primary N) is 1. The van der Waals surface area contributed by atoms with Crippen LogP contribution in [0.15, 0.2) is 17.1 Å². The van der Waals surface area contributed by atoms with Gasteiger partial charge in [-0.05, 0) is 25.8 Å². The normalized spacial score (nSPS) is 39.2. The van der Waals surface area contributed by atoms with Crippen molar-refractivity contribution in [1.29, 1.82) is 0 Å². The first-order valence-electron chi connectivity index (χ1n) is 8.45. The predicted octanol–water partition coefficient (Wildman–Crippen LogP) is 0.769. The zero-order valence-electron chi connectivity index (χ0n) is 14.0. The van der Waals surface area contributed by atoms with Crippen LogP contribution < -0.4 is 11.4 Å². The molecule has 4 rings (SSSR count). The van der Waals surface area contributed by atoms with Crippen LogP contribution >= 0.6 is 11.6 Å². The summed E-state index contributed by atoms with van der Waals surface area (Å²) in [5.41, 5.74) is 2.89. The van der Waals surface area contributed by atoms with E-state index in [1.54, 1.807) is 0 Å². The molecule has 1 aromatic rings. The summed E-state index contributed by atoms with van der Waals surface area (Å²) in [4.78, 5) is 16.1. The van der Waals surface area contributed by atoms with Gasteiger partial charge in [0.2, 0.25) is 0 Å². The lowest BCUT2D eigenvalue weighted by Gasteiger charge is -2.33. The second-order valence-electron chi connectivity index (χ2n) is 7.27. The van der Waals surface area contributed by atoms with Gasteiger partial charge in [0.1, 0.15) is 23.1 Å². The van der Waals surface area contributed by atoms with E-state index in [1.807, 2.05) is 6.92 Å². The van der Waals surface area contributed by atoms with Crippen LogP contribution in [0, 0.1) is 0 Å². The quantitative estimate of drug-likeness (QED) is 0.755. The Morgan fingerprint density at radius 3 is 2.76 bits per heavy atom. The number of anilines is 1. The Labute approximate surface area is 149 Å². The molecule has 25 heavy (non-hydrogen) atoms. The zero-order valence-corrected chi connectivity index (χ0v) is 14.7. The summed E-state index contributed by atoms with van der Waals surface area (Å²) in [7, 11) is 0. The molecule has 3 fully saturated rings. The summed E-state index contributed by atoms with van der Waals surface area (Å²) in [5.74, 6) is -0.571. The van der Waals surface area contributed by atoms with E-state index in [0.717, 1.165) is 25.7 Å². The van der Waals surface area contributed by atoms with Crippen molar-refractivity contribution in [2.45, 2.75) is 61.9 Å². The number of aromatic nitrogens is 2. The lowest BCUT2D eigenvalue weighted by atomic mass is 9.89. The Hall–Kier alpha value is -1.19. The first kappa shape index (κ1) is 17.2. The molecule has 0 bridgehead atoms. The highest BCUT2D eigenvalue weighted by Gasteiger charge is 2.71. The highest BCUT2D eigenvalue weighted by molar-refractivity contribution is 6.18. The van der Waals surface area contributed by atoms with Gasteiger partial charge in [-0.25, -0.2) is 4.79 Å². The van der Waals surface area contributed by atoms with Gasteiger partial charge >= 0.3 is 5.69 Å². The average Bonchev–Trinajstić information content (AvgIpc) is 3.21. The van der Waals surface area contributed by atoms with Crippen LogP contribution in [0.2, 0.25) is 0 Å². The molecule has 8 nitrogen and oxygen atoms in total. The van der Waals surface area contributed by atoms with Gasteiger partial charge in [0.25, 0.3) is 0 Å². The fourth-order valence-electron chi connectivity index (χ4n) is 4.36. The lowest BCUT2D eigenvalue weighted by molar-refractivity contribution is -0.247. The number of alkyl halides is 1. The molecular weight excluding hydrogens is 350 g/mol. The van der Waals surface area contributed by atoms with Gasteiger partial charge in [-0.3, -0.25) is 4.57 Å². The molecule has 138 valence electrons. The maximum atomic E-state index is 12.4. The minimum atomic E-state index is -1.16. The number of fused-ring (bicyclic) bond motifs is 1. The van der Waals surface area contributed by atoms with E-state index in [1.165, 1.54) is 16.8 Å². The Kier molecular flexibility index (Phi) is 3.90. The Balaban J connectivity index is 1.81. The molecule has 4 unspecified atom stereocenters. The molecule has 0 amide bonds. The number of nitrogens with zero attached hydrogens (tertiary/aromatic N) is 2. The van der Waals surface area contributed by atoms with Crippen molar-refractivity contribution in [2.75, 3.05) is 18.2 Å². The number of hydrogen-bond acceptors (Lipinski definition) is 7. The van der Waals surface area contributed by atoms with Crippen LogP contribution in [0.5, 0.6) is 0 Å². The molecule has 9 heteroatoms. The maximum absolute atomic E-state index is 12.4. The maximum Gasteiger partial charge on any atom is 0.351 e.